The number of amides is 1. The molecule has 0 N–H and O–H groups in total. The second-order valence-electron chi connectivity index (χ2n) is 8.07. The normalized spacial score (nSPS) is 14.8. The number of aromatic nitrogens is 4. The molecule has 0 saturated carbocycles. The standard InChI is InChI=1S/C23H30N6O.ClH/c1-19-16-20(2)29(25-19)15-13-26-9-3-10-28(14-12-26)23(30)22-6-4-21(5-7-22)17-27-11-8-24-18-27;/h4-8,11,16,18H,3,9-10,12-15,17H2,1-2H3;1H. The van der Waals surface area contributed by atoms with E-state index in [1.807, 2.05) is 46.9 Å². The number of carbonyl (C=O) groups is 1. The lowest BCUT2D eigenvalue weighted by Gasteiger charge is -2.22. The van der Waals surface area contributed by atoms with Crippen LogP contribution in [0.3, 0.4) is 0 Å². The van der Waals surface area contributed by atoms with Gasteiger partial charge in [0.1, 0.15) is 0 Å². The van der Waals surface area contributed by atoms with Crippen LogP contribution in [0.4, 0.5) is 0 Å². The summed E-state index contributed by atoms with van der Waals surface area (Å²) in [5, 5.41) is 4.55. The van der Waals surface area contributed by atoms with Gasteiger partial charge in [-0.1, -0.05) is 12.1 Å². The first-order valence-corrected chi connectivity index (χ1v) is 10.7. The second kappa shape index (κ2) is 10.6. The van der Waals surface area contributed by atoms with Gasteiger partial charge in [0.25, 0.3) is 5.91 Å². The van der Waals surface area contributed by atoms with Crippen LogP contribution in [-0.2, 0) is 13.1 Å². The molecule has 0 atom stereocenters. The molecule has 0 spiro atoms. The van der Waals surface area contributed by atoms with E-state index in [0.717, 1.165) is 69.1 Å². The Labute approximate surface area is 190 Å². The smallest absolute Gasteiger partial charge is 0.253 e. The number of carbonyl (C=O) groups excluding carboxylic acids is 1. The highest BCUT2D eigenvalue weighted by Gasteiger charge is 2.20. The van der Waals surface area contributed by atoms with Gasteiger partial charge in [0, 0.05) is 56.4 Å². The minimum atomic E-state index is 0. The molecule has 166 valence electrons. The molecule has 0 radical (unpaired) electrons. The highest BCUT2D eigenvalue weighted by atomic mass is 35.5. The quantitative estimate of drug-likeness (QED) is 0.588. The molecule has 3 aromatic rings. The van der Waals surface area contributed by atoms with Crippen LogP contribution in [0.25, 0.3) is 0 Å². The highest BCUT2D eigenvalue weighted by Crippen LogP contribution is 2.12. The lowest BCUT2D eigenvalue weighted by Crippen LogP contribution is -2.36. The summed E-state index contributed by atoms with van der Waals surface area (Å²) in [6.07, 6.45) is 6.52. The predicted molar refractivity (Wildman–Crippen MR) is 124 cm³/mol. The number of hydrogen-bond acceptors (Lipinski definition) is 4. The summed E-state index contributed by atoms with van der Waals surface area (Å²) in [6, 6.07) is 10.1. The minimum Gasteiger partial charge on any atom is -0.337 e. The van der Waals surface area contributed by atoms with E-state index in [1.54, 1.807) is 12.5 Å². The molecule has 1 aliphatic heterocycles. The number of nitrogens with zero attached hydrogens (tertiary/aromatic N) is 6. The third-order valence-corrected chi connectivity index (χ3v) is 5.73. The van der Waals surface area contributed by atoms with Crippen LogP contribution < -0.4 is 0 Å². The summed E-state index contributed by atoms with van der Waals surface area (Å²) in [6.45, 7) is 10.3. The topological polar surface area (TPSA) is 59.2 Å². The molecule has 31 heavy (non-hydrogen) atoms. The molecular weight excluding hydrogens is 412 g/mol. The Bertz CT molecular complexity index is 967. The Morgan fingerprint density at radius 2 is 1.84 bits per heavy atom. The van der Waals surface area contributed by atoms with Crippen molar-refractivity contribution in [2.75, 3.05) is 32.7 Å². The monoisotopic (exact) mass is 442 g/mol. The largest absolute Gasteiger partial charge is 0.337 e. The Hall–Kier alpha value is -2.64. The maximum Gasteiger partial charge on any atom is 0.253 e. The Morgan fingerprint density at radius 3 is 2.52 bits per heavy atom. The zero-order valence-corrected chi connectivity index (χ0v) is 19.1. The first-order chi connectivity index (χ1) is 14.6. The second-order valence-corrected chi connectivity index (χ2v) is 8.07. The number of rotatable bonds is 6. The maximum atomic E-state index is 13.0. The summed E-state index contributed by atoms with van der Waals surface area (Å²) in [5.41, 5.74) is 4.20. The minimum absolute atomic E-state index is 0. The fourth-order valence-corrected chi connectivity index (χ4v) is 4.06. The van der Waals surface area contributed by atoms with Crippen LogP contribution in [0.2, 0.25) is 0 Å². The Balaban J connectivity index is 0.00000272. The molecule has 1 aromatic carbocycles. The fourth-order valence-electron chi connectivity index (χ4n) is 4.06. The highest BCUT2D eigenvalue weighted by molar-refractivity contribution is 5.94. The zero-order chi connectivity index (χ0) is 20.9. The first kappa shape index (κ1) is 23.0. The van der Waals surface area contributed by atoms with Crippen molar-refractivity contribution in [2.45, 2.75) is 33.4 Å². The molecule has 1 fully saturated rings. The van der Waals surface area contributed by atoms with Gasteiger partial charge in [-0.2, -0.15) is 5.10 Å². The van der Waals surface area contributed by atoms with Gasteiger partial charge in [0.05, 0.1) is 18.6 Å². The fraction of sp³-hybridized carbons (Fsp3) is 0.435. The van der Waals surface area contributed by atoms with Crippen molar-refractivity contribution < 1.29 is 4.79 Å². The first-order valence-electron chi connectivity index (χ1n) is 10.7. The van der Waals surface area contributed by atoms with Gasteiger partial charge in [-0.15, -0.1) is 12.4 Å². The average molecular weight is 443 g/mol. The van der Waals surface area contributed by atoms with E-state index >= 15 is 0 Å². The molecule has 7 nitrogen and oxygen atoms in total. The molecule has 3 heterocycles. The number of imidazole rings is 1. The Kier molecular flexibility index (Phi) is 7.87. The molecule has 4 rings (SSSR count). The summed E-state index contributed by atoms with van der Waals surface area (Å²) in [5.74, 6) is 0.129. The van der Waals surface area contributed by atoms with Crippen molar-refractivity contribution in [1.82, 2.24) is 29.1 Å². The molecule has 1 saturated heterocycles. The molecule has 0 aliphatic carbocycles. The average Bonchev–Trinajstić information content (AvgIpc) is 3.29. The van der Waals surface area contributed by atoms with Crippen LogP contribution in [-0.4, -0.2) is 67.8 Å². The predicted octanol–water partition coefficient (Wildman–Crippen LogP) is 3.01. The van der Waals surface area contributed by atoms with E-state index in [4.69, 9.17) is 0 Å². The van der Waals surface area contributed by atoms with Crippen LogP contribution >= 0.6 is 12.4 Å². The third-order valence-electron chi connectivity index (χ3n) is 5.73. The summed E-state index contributed by atoms with van der Waals surface area (Å²) in [4.78, 5) is 21.5. The van der Waals surface area contributed by atoms with Crippen molar-refractivity contribution in [2.24, 2.45) is 0 Å². The molecular formula is C23H31ClN6O. The van der Waals surface area contributed by atoms with E-state index in [2.05, 4.69) is 32.7 Å². The van der Waals surface area contributed by atoms with Crippen molar-refractivity contribution in [1.29, 1.82) is 0 Å². The van der Waals surface area contributed by atoms with E-state index < -0.39 is 0 Å². The third kappa shape index (κ3) is 5.95. The van der Waals surface area contributed by atoms with Gasteiger partial charge in [0.2, 0.25) is 0 Å². The maximum absolute atomic E-state index is 13.0. The van der Waals surface area contributed by atoms with E-state index in [-0.39, 0.29) is 18.3 Å². The van der Waals surface area contributed by atoms with Gasteiger partial charge < -0.3 is 9.47 Å². The van der Waals surface area contributed by atoms with E-state index in [1.165, 1.54) is 5.69 Å². The van der Waals surface area contributed by atoms with Gasteiger partial charge in [-0.05, 0) is 50.6 Å². The van der Waals surface area contributed by atoms with Crippen LogP contribution in [0.15, 0.2) is 49.1 Å². The van der Waals surface area contributed by atoms with Crippen LogP contribution in [0.5, 0.6) is 0 Å². The number of hydrogen-bond donors (Lipinski definition) is 0. The van der Waals surface area contributed by atoms with Gasteiger partial charge in [-0.3, -0.25) is 14.4 Å². The number of halogens is 1. The van der Waals surface area contributed by atoms with Crippen LogP contribution in [0, 0.1) is 13.8 Å². The van der Waals surface area contributed by atoms with Gasteiger partial charge in [-0.25, -0.2) is 4.98 Å². The zero-order valence-electron chi connectivity index (χ0n) is 18.3. The Morgan fingerprint density at radius 1 is 1.03 bits per heavy atom. The van der Waals surface area contributed by atoms with Crippen LogP contribution in [0.1, 0.15) is 33.7 Å². The van der Waals surface area contributed by atoms with Crippen molar-refractivity contribution in [3.05, 3.63) is 71.6 Å². The van der Waals surface area contributed by atoms with E-state index in [0.29, 0.717) is 0 Å². The number of aryl methyl sites for hydroxylation is 2. The number of benzene rings is 1. The summed E-state index contributed by atoms with van der Waals surface area (Å²) >= 11 is 0. The molecule has 8 heteroatoms. The summed E-state index contributed by atoms with van der Waals surface area (Å²) in [7, 11) is 0. The molecule has 1 amide bonds. The van der Waals surface area contributed by atoms with Crippen molar-refractivity contribution >= 4 is 18.3 Å². The van der Waals surface area contributed by atoms with Gasteiger partial charge in [0.15, 0.2) is 0 Å². The molecule has 1 aliphatic rings. The van der Waals surface area contributed by atoms with Gasteiger partial charge >= 0.3 is 0 Å². The SMILES string of the molecule is Cc1cc(C)n(CCN2CCCN(C(=O)c3ccc(Cn4ccnc4)cc3)CC2)n1.Cl. The molecule has 2 aromatic heterocycles. The lowest BCUT2D eigenvalue weighted by molar-refractivity contribution is 0.0761. The molecule has 0 bridgehead atoms. The van der Waals surface area contributed by atoms with Crippen molar-refractivity contribution in [3.63, 3.8) is 0 Å². The molecule has 0 unspecified atom stereocenters. The lowest BCUT2D eigenvalue weighted by atomic mass is 10.1. The summed E-state index contributed by atoms with van der Waals surface area (Å²) < 4.78 is 4.10. The van der Waals surface area contributed by atoms with Crippen molar-refractivity contribution in [3.8, 4) is 0 Å². The van der Waals surface area contributed by atoms with E-state index in [9.17, 15) is 4.79 Å².